The molecule has 0 atom stereocenters. The lowest BCUT2D eigenvalue weighted by atomic mass is 9.91. The molecule has 0 aliphatic heterocycles. The van der Waals surface area contributed by atoms with Crippen LogP contribution in [0.4, 0.5) is 0 Å². The van der Waals surface area contributed by atoms with E-state index in [1.54, 1.807) is 36.4 Å². The van der Waals surface area contributed by atoms with Gasteiger partial charge in [0.1, 0.15) is 0 Å². The summed E-state index contributed by atoms with van der Waals surface area (Å²) < 4.78 is 0. The van der Waals surface area contributed by atoms with Gasteiger partial charge in [0.15, 0.2) is 0 Å². The van der Waals surface area contributed by atoms with Crippen LogP contribution >= 0.6 is 11.6 Å². The topological polar surface area (TPSA) is 104 Å². The molecule has 5 aromatic carbocycles. The maximum atomic E-state index is 13.3. The number of benzene rings is 5. The fraction of sp³-hybridized carbons (Fsp3) is 0.0811. The number of hydrogen-bond acceptors (Lipinski definition) is 4. The maximum absolute atomic E-state index is 13.3. The number of aliphatic carboxylic acids is 1. The van der Waals surface area contributed by atoms with Crippen molar-refractivity contribution in [2.75, 3.05) is 6.54 Å². The standard InChI is InChI=1S/C37H29ClN2O5/c38-32-20-18-29(19-21-32)35(42)40(36(43)37(44)45)24-25-14-16-26(17-15-25)30-12-7-13-31(22-30)34(41)39-23-33(27-8-3-1-4-9-27)28-10-5-2-6-11-28/h1-22,33H,23-24H2,(H,39,41)(H,44,45). The van der Waals surface area contributed by atoms with Crippen LogP contribution in [-0.4, -0.2) is 40.2 Å². The molecule has 224 valence electrons. The number of carbonyl (C=O) groups is 4. The van der Waals surface area contributed by atoms with Crippen LogP contribution in [0.2, 0.25) is 5.02 Å². The summed E-state index contributed by atoms with van der Waals surface area (Å²) in [7, 11) is 0. The van der Waals surface area contributed by atoms with Crippen LogP contribution in [0.3, 0.4) is 0 Å². The third kappa shape index (κ3) is 7.71. The van der Waals surface area contributed by atoms with E-state index in [1.165, 1.54) is 24.3 Å². The number of nitrogens with one attached hydrogen (secondary N) is 1. The number of nitrogens with zero attached hydrogens (tertiary/aromatic N) is 1. The van der Waals surface area contributed by atoms with Gasteiger partial charge in [-0.05, 0) is 64.2 Å². The Hall–Kier alpha value is -5.53. The number of hydrogen-bond donors (Lipinski definition) is 2. The van der Waals surface area contributed by atoms with Crippen molar-refractivity contribution in [1.82, 2.24) is 10.2 Å². The smallest absolute Gasteiger partial charge is 0.395 e. The van der Waals surface area contributed by atoms with Gasteiger partial charge < -0.3 is 10.4 Å². The molecule has 2 N–H and O–H groups in total. The van der Waals surface area contributed by atoms with Crippen LogP contribution in [0, 0.1) is 0 Å². The highest BCUT2D eigenvalue weighted by Crippen LogP contribution is 2.25. The number of halogens is 1. The van der Waals surface area contributed by atoms with Gasteiger partial charge >= 0.3 is 11.9 Å². The minimum absolute atomic E-state index is 0.00813. The molecular formula is C37H29ClN2O5. The first-order chi connectivity index (χ1) is 21.8. The fourth-order valence-electron chi connectivity index (χ4n) is 5.02. The highest BCUT2D eigenvalue weighted by atomic mass is 35.5. The maximum Gasteiger partial charge on any atom is 0.395 e. The first-order valence-electron chi connectivity index (χ1n) is 14.2. The molecule has 0 aromatic heterocycles. The molecule has 7 nitrogen and oxygen atoms in total. The summed E-state index contributed by atoms with van der Waals surface area (Å²) in [6.45, 7) is 0.186. The van der Waals surface area contributed by atoms with E-state index in [1.807, 2.05) is 48.5 Å². The minimum atomic E-state index is -1.73. The van der Waals surface area contributed by atoms with E-state index in [9.17, 15) is 24.3 Å². The molecular weight excluding hydrogens is 588 g/mol. The van der Waals surface area contributed by atoms with Gasteiger partial charge in [-0.15, -0.1) is 0 Å². The molecule has 0 heterocycles. The van der Waals surface area contributed by atoms with E-state index >= 15 is 0 Å². The number of amides is 3. The Morgan fingerprint density at radius 3 is 1.84 bits per heavy atom. The van der Waals surface area contributed by atoms with E-state index in [2.05, 4.69) is 29.6 Å². The van der Waals surface area contributed by atoms with Gasteiger partial charge in [-0.3, -0.25) is 19.3 Å². The summed E-state index contributed by atoms with van der Waals surface area (Å²) in [6, 6.07) is 40.2. The highest BCUT2D eigenvalue weighted by molar-refractivity contribution is 6.35. The Balaban J connectivity index is 1.30. The van der Waals surface area contributed by atoms with Crippen LogP contribution in [-0.2, 0) is 16.1 Å². The molecule has 0 saturated carbocycles. The molecule has 0 radical (unpaired) electrons. The van der Waals surface area contributed by atoms with E-state index < -0.39 is 17.8 Å². The largest absolute Gasteiger partial charge is 0.474 e. The van der Waals surface area contributed by atoms with Crippen molar-refractivity contribution < 1.29 is 24.3 Å². The van der Waals surface area contributed by atoms with Gasteiger partial charge in [-0.1, -0.05) is 109 Å². The molecule has 5 aromatic rings. The van der Waals surface area contributed by atoms with E-state index in [0.717, 1.165) is 22.3 Å². The fourth-order valence-corrected chi connectivity index (χ4v) is 5.15. The van der Waals surface area contributed by atoms with Crippen LogP contribution in [0.5, 0.6) is 0 Å². The molecule has 3 amide bonds. The molecule has 0 aliphatic rings. The van der Waals surface area contributed by atoms with Gasteiger partial charge in [0.2, 0.25) is 0 Å². The van der Waals surface area contributed by atoms with Crippen molar-refractivity contribution in [3.05, 3.63) is 166 Å². The molecule has 0 bridgehead atoms. The highest BCUT2D eigenvalue weighted by Gasteiger charge is 2.28. The Bertz CT molecular complexity index is 1770. The Morgan fingerprint density at radius 1 is 0.667 bits per heavy atom. The quantitative estimate of drug-likeness (QED) is 0.177. The van der Waals surface area contributed by atoms with Gasteiger partial charge in [0, 0.05) is 28.6 Å². The first kappa shape index (κ1) is 30.9. The lowest BCUT2D eigenvalue weighted by Gasteiger charge is -2.19. The predicted octanol–water partition coefficient (Wildman–Crippen LogP) is 6.82. The molecule has 0 spiro atoms. The second-order valence-corrected chi connectivity index (χ2v) is 10.8. The van der Waals surface area contributed by atoms with Crippen LogP contribution in [0.25, 0.3) is 11.1 Å². The zero-order valence-corrected chi connectivity index (χ0v) is 24.9. The third-order valence-corrected chi connectivity index (χ3v) is 7.64. The molecule has 0 unspecified atom stereocenters. The van der Waals surface area contributed by atoms with E-state index in [0.29, 0.717) is 27.6 Å². The number of imide groups is 1. The minimum Gasteiger partial charge on any atom is -0.474 e. The van der Waals surface area contributed by atoms with Crippen LogP contribution < -0.4 is 5.32 Å². The number of carboxylic acid groups (broad SMARTS) is 1. The van der Waals surface area contributed by atoms with E-state index in [4.69, 9.17) is 11.6 Å². The summed E-state index contributed by atoms with van der Waals surface area (Å²) >= 11 is 5.90. The number of carboxylic acids is 1. The summed E-state index contributed by atoms with van der Waals surface area (Å²) in [4.78, 5) is 50.8. The lowest BCUT2D eigenvalue weighted by molar-refractivity contribution is -0.154. The van der Waals surface area contributed by atoms with Crippen molar-refractivity contribution in [3.63, 3.8) is 0 Å². The van der Waals surface area contributed by atoms with Gasteiger partial charge in [0.05, 0.1) is 6.54 Å². The monoisotopic (exact) mass is 616 g/mol. The zero-order chi connectivity index (χ0) is 31.8. The molecule has 0 fully saturated rings. The molecule has 0 aliphatic carbocycles. The average Bonchev–Trinajstić information content (AvgIpc) is 3.08. The van der Waals surface area contributed by atoms with Crippen LogP contribution in [0.1, 0.15) is 43.3 Å². The van der Waals surface area contributed by atoms with E-state index in [-0.39, 0.29) is 23.9 Å². The molecule has 8 heteroatoms. The SMILES string of the molecule is O=C(O)C(=O)N(Cc1ccc(-c2cccc(C(=O)NCC(c3ccccc3)c3ccccc3)c2)cc1)C(=O)c1ccc(Cl)cc1. The molecule has 5 rings (SSSR count). The van der Waals surface area contributed by atoms with Crippen molar-refractivity contribution in [3.8, 4) is 11.1 Å². The number of rotatable bonds is 9. The molecule has 0 saturated heterocycles. The summed E-state index contributed by atoms with van der Waals surface area (Å²) in [6.07, 6.45) is 0. The van der Waals surface area contributed by atoms with Gasteiger partial charge in [0.25, 0.3) is 11.8 Å². The Morgan fingerprint density at radius 2 is 1.27 bits per heavy atom. The summed E-state index contributed by atoms with van der Waals surface area (Å²) in [5.74, 6) is -4.02. The second-order valence-electron chi connectivity index (χ2n) is 10.4. The van der Waals surface area contributed by atoms with Gasteiger partial charge in [-0.2, -0.15) is 0 Å². The Kier molecular flexibility index (Phi) is 9.82. The normalized spacial score (nSPS) is 10.7. The summed E-state index contributed by atoms with van der Waals surface area (Å²) in [5.41, 5.74) is 5.01. The Labute approximate surface area is 265 Å². The van der Waals surface area contributed by atoms with Crippen molar-refractivity contribution in [1.29, 1.82) is 0 Å². The molecule has 45 heavy (non-hydrogen) atoms. The second kappa shape index (κ2) is 14.3. The third-order valence-electron chi connectivity index (χ3n) is 7.39. The first-order valence-corrected chi connectivity index (χ1v) is 14.6. The van der Waals surface area contributed by atoms with Crippen molar-refractivity contribution >= 4 is 35.3 Å². The predicted molar refractivity (Wildman–Crippen MR) is 173 cm³/mol. The lowest BCUT2D eigenvalue weighted by Crippen LogP contribution is -2.40. The van der Waals surface area contributed by atoms with Crippen molar-refractivity contribution in [2.45, 2.75) is 12.5 Å². The zero-order valence-electron chi connectivity index (χ0n) is 24.1. The van der Waals surface area contributed by atoms with Gasteiger partial charge in [-0.25, -0.2) is 4.79 Å². The number of carbonyl (C=O) groups excluding carboxylic acids is 3. The summed E-state index contributed by atoms with van der Waals surface area (Å²) in [5, 5.41) is 12.8. The van der Waals surface area contributed by atoms with Crippen LogP contribution in [0.15, 0.2) is 133 Å². The van der Waals surface area contributed by atoms with Crippen molar-refractivity contribution in [2.24, 2.45) is 0 Å². The average molecular weight is 617 g/mol.